The summed E-state index contributed by atoms with van der Waals surface area (Å²) >= 11 is 4.97. The largest absolute Gasteiger partial charge is 0.355 e. The Morgan fingerprint density at radius 1 is 0.442 bits per heavy atom. The van der Waals surface area contributed by atoms with Gasteiger partial charge in [0, 0.05) is 13.2 Å². The van der Waals surface area contributed by atoms with Crippen LogP contribution in [0.4, 0.5) is 0 Å². The van der Waals surface area contributed by atoms with E-state index >= 15 is 0 Å². The monoisotopic (exact) mass is 830 g/mol. The summed E-state index contributed by atoms with van der Waals surface area (Å²) in [6, 6.07) is 0. The lowest BCUT2D eigenvalue weighted by Gasteiger charge is -2.14. The molecule has 3 nitrogen and oxygen atoms in total. The molecule has 0 saturated carbocycles. The van der Waals surface area contributed by atoms with Gasteiger partial charge < -0.3 is 14.2 Å². The van der Waals surface area contributed by atoms with Crippen molar-refractivity contribution in [2.75, 3.05) is 35.7 Å². The van der Waals surface area contributed by atoms with Crippen molar-refractivity contribution in [3.05, 3.63) is 24.3 Å². The van der Waals surface area contributed by atoms with Crippen LogP contribution in [-0.4, -0.2) is 35.7 Å². The quantitative estimate of drug-likeness (QED) is 0.0207. The summed E-state index contributed by atoms with van der Waals surface area (Å²) in [6.07, 6.45) is 41.5. The minimum Gasteiger partial charge on any atom is -0.355 e. The van der Waals surface area contributed by atoms with Crippen molar-refractivity contribution in [1.29, 1.82) is 0 Å². The fourth-order valence-electron chi connectivity index (χ4n) is 5.43. The highest BCUT2D eigenvalue weighted by Gasteiger charge is 2.06. The first kappa shape index (κ1) is 43.8. The van der Waals surface area contributed by atoms with E-state index in [4.69, 9.17) is 14.2 Å². The number of hydrogen-bond acceptors (Lipinski definition) is 3. The van der Waals surface area contributed by atoms with Gasteiger partial charge in [-0.1, -0.05) is 173 Å². The zero-order valence-corrected chi connectivity index (χ0v) is 33.0. The molecule has 5 heteroatoms. The molecule has 2 unspecified atom stereocenters. The molecule has 0 saturated heterocycles. The average Bonchev–Trinajstić information content (AvgIpc) is 3.01. The van der Waals surface area contributed by atoms with Crippen LogP contribution < -0.4 is 0 Å². The molecule has 256 valence electrons. The molecule has 0 N–H and O–H groups in total. The first-order valence-electron chi connectivity index (χ1n) is 18.5. The molecular formula is C38H72I2O3. The van der Waals surface area contributed by atoms with E-state index in [1.54, 1.807) is 0 Å². The second kappa shape index (κ2) is 39.0. The highest BCUT2D eigenvalue weighted by Crippen LogP contribution is 2.18. The highest BCUT2D eigenvalue weighted by atomic mass is 127. The van der Waals surface area contributed by atoms with E-state index in [1.165, 1.54) is 150 Å². The van der Waals surface area contributed by atoms with Crippen molar-refractivity contribution >= 4 is 45.2 Å². The molecule has 43 heavy (non-hydrogen) atoms. The standard InChI is InChI=1S/C38H72I2O3/c1-3-5-19-25-37(27-21-15-11-7-9-13-17-23-31-39)29-33-41-35-43-36-42-34-30-38(26-20-6-4-2)28-22-16-12-8-10-14-18-24-32-40/h21-22,27-28,37-38H,3-20,23-26,29-36H2,1-2H3. The molecule has 2 atom stereocenters. The van der Waals surface area contributed by atoms with Gasteiger partial charge in [-0.3, -0.25) is 0 Å². The lowest BCUT2D eigenvalue weighted by molar-refractivity contribution is -0.133. The van der Waals surface area contributed by atoms with Crippen LogP contribution in [0.2, 0.25) is 0 Å². The van der Waals surface area contributed by atoms with E-state index < -0.39 is 0 Å². The third kappa shape index (κ3) is 35.5. The van der Waals surface area contributed by atoms with Crippen LogP contribution in [0.25, 0.3) is 0 Å². The van der Waals surface area contributed by atoms with Crippen molar-refractivity contribution in [3.63, 3.8) is 0 Å². The minimum atomic E-state index is 0.334. The van der Waals surface area contributed by atoms with Gasteiger partial charge in [-0.15, -0.1) is 0 Å². The molecule has 0 aromatic carbocycles. The predicted molar refractivity (Wildman–Crippen MR) is 208 cm³/mol. The smallest absolute Gasteiger partial charge is 0.149 e. The molecular weight excluding hydrogens is 758 g/mol. The zero-order chi connectivity index (χ0) is 31.3. The Balaban J connectivity index is 4.02. The molecule has 0 spiro atoms. The number of rotatable bonds is 36. The van der Waals surface area contributed by atoms with Crippen molar-refractivity contribution < 1.29 is 14.2 Å². The number of unbranched alkanes of at least 4 members (excludes halogenated alkanes) is 16. The summed E-state index contributed by atoms with van der Waals surface area (Å²) in [5.41, 5.74) is 0. The van der Waals surface area contributed by atoms with Crippen LogP contribution in [0.15, 0.2) is 24.3 Å². The number of hydrogen-bond donors (Lipinski definition) is 0. The molecule has 0 aliphatic carbocycles. The summed E-state index contributed by atoms with van der Waals surface area (Å²) in [5.74, 6) is 1.27. The summed E-state index contributed by atoms with van der Waals surface area (Å²) in [7, 11) is 0. The van der Waals surface area contributed by atoms with Crippen LogP contribution in [0.3, 0.4) is 0 Å². The van der Waals surface area contributed by atoms with Crippen molar-refractivity contribution in [3.8, 4) is 0 Å². The summed E-state index contributed by atoms with van der Waals surface area (Å²) in [4.78, 5) is 0. The molecule has 0 aromatic rings. The second-order valence-electron chi connectivity index (χ2n) is 12.4. The summed E-state index contributed by atoms with van der Waals surface area (Å²) in [5, 5.41) is 0. The SMILES string of the molecule is CCCCCC(C=CCCCCCCCCI)CCOCOCOCCC(C=CCCCCCCCCI)CCCCC. The first-order valence-corrected chi connectivity index (χ1v) is 21.5. The fraction of sp³-hybridized carbons (Fsp3) is 0.895. The Kier molecular flexibility index (Phi) is 39.7. The topological polar surface area (TPSA) is 27.7 Å². The van der Waals surface area contributed by atoms with Crippen LogP contribution in [0.1, 0.15) is 168 Å². The lowest BCUT2D eigenvalue weighted by Crippen LogP contribution is -2.10. The van der Waals surface area contributed by atoms with Gasteiger partial charge in [0.1, 0.15) is 13.6 Å². The number of ether oxygens (including phenoxy) is 3. The zero-order valence-electron chi connectivity index (χ0n) is 28.7. The van der Waals surface area contributed by atoms with Gasteiger partial charge >= 0.3 is 0 Å². The number of allylic oxidation sites excluding steroid dienone is 4. The highest BCUT2D eigenvalue weighted by molar-refractivity contribution is 14.1. The van der Waals surface area contributed by atoms with E-state index in [0.29, 0.717) is 25.4 Å². The fourth-order valence-corrected chi connectivity index (χ4v) is 6.51. The van der Waals surface area contributed by atoms with Gasteiger partial charge in [-0.05, 0) is 84.9 Å². The van der Waals surface area contributed by atoms with Crippen LogP contribution in [0.5, 0.6) is 0 Å². The molecule has 0 heterocycles. The molecule has 0 fully saturated rings. The van der Waals surface area contributed by atoms with Crippen LogP contribution in [0, 0.1) is 11.8 Å². The third-order valence-electron chi connectivity index (χ3n) is 8.28. The molecule has 0 rings (SSSR count). The summed E-state index contributed by atoms with van der Waals surface area (Å²) in [6.45, 7) is 6.77. The average molecular weight is 831 g/mol. The maximum absolute atomic E-state index is 5.82. The van der Waals surface area contributed by atoms with Crippen molar-refractivity contribution in [2.45, 2.75) is 168 Å². The second-order valence-corrected chi connectivity index (χ2v) is 14.6. The summed E-state index contributed by atoms with van der Waals surface area (Å²) < 4.78 is 19.9. The van der Waals surface area contributed by atoms with E-state index in [2.05, 4.69) is 83.3 Å². The maximum Gasteiger partial charge on any atom is 0.149 e. The van der Waals surface area contributed by atoms with Crippen molar-refractivity contribution in [2.24, 2.45) is 11.8 Å². The predicted octanol–water partition coefficient (Wildman–Crippen LogP) is 13.6. The molecule has 0 aliphatic heterocycles. The van der Waals surface area contributed by atoms with Gasteiger partial charge in [0.2, 0.25) is 0 Å². The minimum absolute atomic E-state index is 0.334. The Morgan fingerprint density at radius 3 is 1.23 bits per heavy atom. The Hall–Kier alpha value is 0.820. The number of halogens is 2. The van der Waals surface area contributed by atoms with Gasteiger partial charge in [0.25, 0.3) is 0 Å². The van der Waals surface area contributed by atoms with E-state index in [1.807, 2.05) is 0 Å². The van der Waals surface area contributed by atoms with E-state index in [0.717, 1.165) is 26.1 Å². The van der Waals surface area contributed by atoms with Crippen molar-refractivity contribution in [1.82, 2.24) is 0 Å². The Labute approximate surface area is 297 Å². The Bertz CT molecular complexity index is 521. The molecule has 0 radical (unpaired) electrons. The molecule has 0 aromatic heterocycles. The van der Waals surface area contributed by atoms with Gasteiger partial charge in [0.05, 0.1) is 0 Å². The van der Waals surface area contributed by atoms with Gasteiger partial charge in [-0.25, -0.2) is 0 Å². The van der Waals surface area contributed by atoms with Crippen LogP contribution in [-0.2, 0) is 14.2 Å². The molecule has 0 aliphatic rings. The van der Waals surface area contributed by atoms with Gasteiger partial charge in [0.15, 0.2) is 0 Å². The maximum atomic E-state index is 5.82. The third-order valence-corrected chi connectivity index (χ3v) is 9.81. The number of alkyl halides is 2. The normalized spacial score (nSPS) is 13.5. The molecule has 0 amide bonds. The van der Waals surface area contributed by atoms with Crippen LogP contribution >= 0.6 is 45.2 Å². The van der Waals surface area contributed by atoms with E-state index in [9.17, 15) is 0 Å². The Morgan fingerprint density at radius 2 is 0.837 bits per heavy atom. The first-order chi connectivity index (χ1) is 21.3. The van der Waals surface area contributed by atoms with Gasteiger partial charge in [-0.2, -0.15) is 0 Å². The molecule has 0 bridgehead atoms. The lowest BCUT2D eigenvalue weighted by atomic mass is 9.97. The van der Waals surface area contributed by atoms with E-state index in [-0.39, 0.29) is 0 Å².